The molecule has 74 heavy (non-hydrogen) atoms. The lowest BCUT2D eigenvalue weighted by atomic mass is 9.77. The molecule has 5 aromatic carbocycles. The van der Waals surface area contributed by atoms with Gasteiger partial charge >= 0.3 is 5.97 Å². The van der Waals surface area contributed by atoms with Gasteiger partial charge in [0.05, 0.1) is 47.4 Å². The lowest BCUT2D eigenvalue weighted by molar-refractivity contribution is -0.150. The van der Waals surface area contributed by atoms with Crippen LogP contribution in [0.4, 0.5) is 5.69 Å². The van der Waals surface area contributed by atoms with Crippen LogP contribution in [0.2, 0.25) is 0 Å². The van der Waals surface area contributed by atoms with Crippen molar-refractivity contribution in [3.63, 3.8) is 0 Å². The fraction of sp³-hybridized carbons (Fsp3) is 0.111. The number of esters is 1. The Bertz CT molecular complexity index is 3860. The van der Waals surface area contributed by atoms with Gasteiger partial charge in [-0.05, 0) is 115 Å². The van der Waals surface area contributed by atoms with Crippen LogP contribution < -0.4 is 10.1 Å². The van der Waals surface area contributed by atoms with E-state index in [1.54, 1.807) is 6.92 Å². The minimum Gasteiger partial charge on any atom is -0.469 e. The molecule has 12 rings (SSSR count). The number of carbonyl (C=O) groups is 2. The van der Waals surface area contributed by atoms with Crippen LogP contribution in [0.1, 0.15) is 45.4 Å². The molecule has 0 radical (unpaired) electrons. The van der Waals surface area contributed by atoms with Crippen LogP contribution in [-0.2, 0) is 27.2 Å². The highest BCUT2D eigenvalue weighted by Gasteiger charge is 2.41. The number of hydrogen-bond acceptors (Lipinski definition) is 8. The number of ether oxygens (including phenoxy) is 2. The van der Waals surface area contributed by atoms with Crippen LogP contribution in [0.15, 0.2) is 164 Å². The lowest BCUT2D eigenvalue weighted by Crippen LogP contribution is -2.40. The third kappa shape index (κ3) is 8.74. The topological polar surface area (TPSA) is 148 Å². The zero-order valence-electron chi connectivity index (χ0n) is 40.9. The highest BCUT2D eigenvalue weighted by molar-refractivity contribution is 6.00. The number of anilines is 1. The first-order chi connectivity index (χ1) is 36.2. The van der Waals surface area contributed by atoms with Gasteiger partial charge in [0.25, 0.3) is 0 Å². The highest BCUT2D eigenvalue weighted by atomic mass is 16.5. The quantitative estimate of drug-likeness (QED) is 0.121. The van der Waals surface area contributed by atoms with Gasteiger partial charge in [-0.25, -0.2) is 15.0 Å². The first-order valence-electron chi connectivity index (χ1n) is 24.7. The standard InChI is InChI=1S/C63H49N7O4/c1-37-22-24-43(25-23-37)66-61(71)45-35-47-56(36-46(45)63(72)73-3)64-38(2)65-62(47)74-44-21-13-20-42(34-44)60-54-32-30-52(69-54)58(40-16-9-5-10-17-40)50-28-26-48(67-50)57(39-14-7-4-8-15-39)49-27-29-51(68-49)59(41-18-11-6-12-19-41)53-31-33-55(60)70-53/h4-34,45-46,67,70H,35-36H2,1-3H3,(H,66,71). The van der Waals surface area contributed by atoms with Crippen LogP contribution in [0.25, 0.3) is 90.9 Å². The molecule has 0 fully saturated rings. The van der Waals surface area contributed by atoms with Gasteiger partial charge in [-0.1, -0.05) is 121 Å². The predicted octanol–water partition coefficient (Wildman–Crippen LogP) is 13.7. The molecule has 3 aliphatic rings. The van der Waals surface area contributed by atoms with Gasteiger partial charge in [0, 0.05) is 62.0 Å². The molecule has 2 atom stereocenters. The molecule has 360 valence electrons. The van der Waals surface area contributed by atoms with Gasteiger partial charge in [0.2, 0.25) is 11.8 Å². The van der Waals surface area contributed by atoms with Crippen molar-refractivity contribution in [2.24, 2.45) is 11.8 Å². The zero-order chi connectivity index (χ0) is 50.3. The number of benzene rings is 5. The molecule has 3 N–H and O–H groups in total. The van der Waals surface area contributed by atoms with Crippen molar-refractivity contribution in [2.75, 3.05) is 12.4 Å². The smallest absolute Gasteiger partial charge is 0.309 e. The predicted molar refractivity (Wildman–Crippen MR) is 294 cm³/mol. The van der Waals surface area contributed by atoms with Crippen molar-refractivity contribution in [1.82, 2.24) is 29.9 Å². The maximum Gasteiger partial charge on any atom is 0.309 e. The van der Waals surface area contributed by atoms with Crippen LogP contribution >= 0.6 is 0 Å². The first-order valence-corrected chi connectivity index (χ1v) is 24.7. The largest absolute Gasteiger partial charge is 0.469 e. The number of aromatic nitrogens is 6. The monoisotopic (exact) mass is 967 g/mol. The van der Waals surface area contributed by atoms with E-state index in [0.717, 1.165) is 94.9 Å². The third-order valence-electron chi connectivity index (χ3n) is 13.9. The Morgan fingerprint density at radius 1 is 0.514 bits per heavy atom. The number of amides is 1. The Kier molecular flexibility index (Phi) is 11.9. The molecule has 2 unspecified atom stereocenters. The maximum absolute atomic E-state index is 14.1. The molecular formula is C63H49N7O4. The van der Waals surface area contributed by atoms with Crippen molar-refractivity contribution in [3.05, 3.63) is 209 Å². The number of rotatable bonds is 9. The molecule has 0 saturated heterocycles. The fourth-order valence-corrected chi connectivity index (χ4v) is 10.4. The Morgan fingerprint density at radius 3 is 1.47 bits per heavy atom. The highest BCUT2D eigenvalue weighted by Crippen LogP contribution is 2.41. The van der Waals surface area contributed by atoms with E-state index in [-0.39, 0.29) is 18.7 Å². The fourth-order valence-electron chi connectivity index (χ4n) is 10.4. The zero-order valence-corrected chi connectivity index (χ0v) is 40.9. The van der Waals surface area contributed by atoms with Crippen molar-refractivity contribution < 1.29 is 19.1 Å². The summed E-state index contributed by atoms with van der Waals surface area (Å²) in [6, 6.07) is 55.0. The molecular weight excluding hydrogens is 919 g/mol. The van der Waals surface area contributed by atoms with E-state index in [0.29, 0.717) is 34.4 Å². The minimum absolute atomic E-state index is 0.166. The van der Waals surface area contributed by atoms with Gasteiger partial charge in [-0.2, -0.15) is 4.98 Å². The molecule has 0 saturated carbocycles. The number of aromatic amines is 2. The second-order valence-corrected chi connectivity index (χ2v) is 18.7. The van der Waals surface area contributed by atoms with Gasteiger partial charge in [-0.15, -0.1) is 0 Å². The molecule has 11 nitrogen and oxygen atoms in total. The van der Waals surface area contributed by atoms with Crippen LogP contribution in [0, 0.1) is 25.7 Å². The number of H-pyrrole nitrogens is 2. The molecule has 4 aromatic heterocycles. The summed E-state index contributed by atoms with van der Waals surface area (Å²) in [7, 11) is 1.34. The van der Waals surface area contributed by atoms with Crippen LogP contribution in [0.3, 0.4) is 0 Å². The summed E-state index contributed by atoms with van der Waals surface area (Å²) in [5.41, 5.74) is 17.4. The number of fused-ring (bicyclic) bond motifs is 9. The molecule has 0 spiro atoms. The molecule has 6 heterocycles. The van der Waals surface area contributed by atoms with E-state index in [9.17, 15) is 9.59 Å². The number of hydrogen-bond donors (Lipinski definition) is 3. The summed E-state index contributed by atoms with van der Waals surface area (Å²) in [6.45, 7) is 3.78. The van der Waals surface area contributed by atoms with Gasteiger partial charge in [0.1, 0.15) is 11.6 Å². The number of nitrogens with zero attached hydrogens (tertiary/aromatic N) is 4. The van der Waals surface area contributed by atoms with Gasteiger partial charge < -0.3 is 24.8 Å². The average Bonchev–Trinajstić information content (AvgIpc) is 4.29. The van der Waals surface area contributed by atoms with Crippen LogP contribution in [0.5, 0.6) is 11.6 Å². The molecule has 2 aliphatic heterocycles. The first kappa shape index (κ1) is 45.6. The number of carbonyl (C=O) groups excluding carboxylic acids is 2. The normalized spacial score (nSPS) is 14.6. The maximum atomic E-state index is 14.1. The molecule has 8 bridgehead atoms. The Morgan fingerprint density at radius 2 is 0.986 bits per heavy atom. The van der Waals surface area contributed by atoms with Crippen molar-refractivity contribution in [2.45, 2.75) is 26.7 Å². The molecule has 1 amide bonds. The Balaban J connectivity index is 1.04. The average molecular weight is 968 g/mol. The SMILES string of the molecule is COC(=O)C1Cc2nc(C)nc(Oc3cccc(-c4c5nc(c(-c6ccccc6)c6ccc([nH]6)c(-c6ccccc6)c6nc(c(-c7ccccc7)c7ccc4[nH]7)C=C6)C=C5)c3)c2CC1C(=O)Nc1ccc(C)cc1. The second-order valence-electron chi connectivity index (χ2n) is 18.7. The summed E-state index contributed by atoms with van der Waals surface area (Å²) in [5.74, 6) is -0.972. The van der Waals surface area contributed by atoms with E-state index in [2.05, 4.69) is 118 Å². The summed E-state index contributed by atoms with van der Waals surface area (Å²) >= 11 is 0. The van der Waals surface area contributed by atoms with Gasteiger partial charge in [0.15, 0.2) is 0 Å². The van der Waals surface area contributed by atoms with Crippen LogP contribution in [-0.4, -0.2) is 48.9 Å². The molecule has 1 aliphatic carbocycles. The third-order valence-corrected chi connectivity index (χ3v) is 13.9. The van der Waals surface area contributed by atoms with E-state index < -0.39 is 17.8 Å². The van der Waals surface area contributed by atoms with E-state index in [4.69, 9.17) is 29.4 Å². The van der Waals surface area contributed by atoms with Crippen molar-refractivity contribution in [3.8, 4) is 56.1 Å². The van der Waals surface area contributed by atoms with Gasteiger partial charge in [-0.3, -0.25) is 9.59 Å². The number of aryl methyl sites for hydroxylation is 2. The summed E-state index contributed by atoms with van der Waals surface area (Å²) in [5, 5.41) is 3.03. The summed E-state index contributed by atoms with van der Waals surface area (Å²) < 4.78 is 12.0. The van der Waals surface area contributed by atoms with Crippen molar-refractivity contribution >= 4 is 63.9 Å². The Labute approximate surface area is 427 Å². The van der Waals surface area contributed by atoms with E-state index >= 15 is 0 Å². The second kappa shape index (κ2) is 19.3. The molecule has 9 aromatic rings. The lowest BCUT2D eigenvalue weighted by Gasteiger charge is -2.30. The molecule has 11 heteroatoms. The number of methoxy groups -OCH3 is 1. The minimum atomic E-state index is -0.767. The van der Waals surface area contributed by atoms with Crippen molar-refractivity contribution in [1.29, 1.82) is 0 Å². The summed E-state index contributed by atoms with van der Waals surface area (Å²) in [4.78, 5) is 55.5. The number of nitrogens with one attached hydrogen (secondary N) is 3. The Hall–Kier alpha value is -9.48. The van der Waals surface area contributed by atoms with E-state index in [1.165, 1.54) is 7.11 Å². The van der Waals surface area contributed by atoms with E-state index in [1.807, 2.05) is 91.9 Å². The summed E-state index contributed by atoms with van der Waals surface area (Å²) in [6.07, 6.45) is 8.71.